The predicted octanol–water partition coefficient (Wildman–Crippen LogP) is 14.5. The minimum Gasteiger partial charge on any atom is -0.208 e. The van der Waals surface area contributed by atoms with Gasteiger partial charge in [-0.15, -0.1) is 11.3 Å². The van der Waals surface area contributed by atoms with Crippen molar-refractivity contribution in [2.24, 2.45) is 0 Å². The van der Waals surface area contributed by atoms with E-state index in [0.717, 1.165) is 38.9 Å². The average molecular weight is 760 g/mol. The van der Waals surface area contributed by atoms with Crippen LogP contribution in [0.5, 0.6) is 0 Å². The Morgan fingerprint density at radius 1 is 0.379 bits per heavy atom. The van der Waals surface area contributed by atoms with Crippen LogP contribution >= 0.6 is 11.3 Å². The molecule has 8 aromatic carbocycles. The van der Waals surface area contributed by atoms with Crippen LogP contribution in [0.15, 0.2) is 188 Å². The zero-order chi connectivity index (χ0) is 38.8. The topological polar surface area (TPSA) is 38.7 Å². The van der Waals surface area contributed by atoms with Gasteiger partial charge in [0.05, 0.1) is 0 Å². The molecule has 0 bridgehead atoms. The smallest absolute Gasteiger partial charge is 0.165 e. The van der Waals surface area contributed by atoms with Crippen molar-refractivity contribution in [2.75, 3.05) is 0 Å². The van der Waals surface area contributed by atoms with Crippen LogP contribution in [0.2, 0.25) is 0 Å². The fraction of sp³-hybridized carbons (Fsp3) is 0.0556. The first-order chi connectivity index (χ1) is 28.5. The summed E-state index contributed by atoms with van der Waals surface area (Å²) in [5.41, 5.74) is 14.6. The summed E-state index contributed by atoms with van der Waals surface area (Å²) in [5.74, 6) is 1.96. The summed E-state index contributed by atoms with van der Waals surface area (Å²) >= 11 is 1.80. The summed E-state index contributed by atoms with van der Waals surface area (Å²) in [7, 11) is 0. The van der Waals surface area contributed by atoms with Gasteiger partial charge in [-0.2, -0.15) is 0 Å². The van der Waals surface area contributed by atoms with Crippen LogP contribution in [-0.4, -0.2) is 15.0 Å². The first-order valence-electron chi connectivity index (χ1n) is 19.8. The van der Waals surface area contributed by atoms with Crippen LogP contribution in [-0.2, 0) is 5.41 Å². The first kappa shape index (κ1) is 34.3. The second kappa shape index (κ2) is 13.6. The number of thiophene rings is 1. The van der Waals surface area contributed by atoms with Gasteiger partial charge < -0.3 is 0 Å². The lowest BCUT2D eigenvalue weighted by molar-refractivity contribution is 0.662. The molecule has 2 heterocycles. The summed E-state index contributed by atoms with van der Waals surface area (Å²) < 4.78 is 2.42. The number of nitrogens with zero attached hydrogens (tertiary/aromatic N) is 3. The lowest BCUT2D eigenvalue weighted by Gasteiger charge is -2.25. The van der Waals surface area contributed by atoms with Gasteiger partial charge in [-0.05, 0) is 86.0 Å². The molecule has 11 rings (SSSR count). The first-order valence-corrected chi connectivity index (χ1v) is 20.6. The van der Waals surface area contributed by atoms with Crippen molar-refractivity contribution < 1.29 is 0 Å². The molecule has 58 heavy (non-hydrogen) atoms. The van der Waals surface area contributed by atoms with E-state index in [-0.39, 0.29) is 5.41 Å². The quantitative estimate of drug-likeness (QED) is 0.169. The van der Waals surface area contributed by atoms with E-state index in [1.165, 1.54) is 53.6 Å². The van der Waals surface area contributed by atoms with E-state index < -0.39 is 0 Å². The molecule has 10 aromatic rings. The minimum absolute atomic E-state index is 0.248. The van der Waals surface area contributed by atoms with Gasteiger partial charge in [0.25, 0.3) is 0 Å². The van der Waals surface area contributed by atoms with Gasteiger partial charge in [-0.3, -0.25) is 0 Å². The Kier molecular flexibility index (Phi) is 8.02. The molecular formula is C54H37N3S. The number of aromatic nitrogens is 3. The Morgan fingerprint density at radius 2 is 0.914 bits per heavy atom. The fourth-order valence-corrected chi connectivity index (χ4v) is 10.2. The fourth-order valence-electron chi connectivity index (χ4n) is 9.02. The molecule has 2 aromatic heterocycles. The second-order valence-electron chi connectivity index (χ2n) is 15.5. The molecule has 0 saturated carbocycles. The monoisotopic (exact) mass is 759 g/mol. The maximum atomic E-state index is 5.49. The Hall–Kier alpha value is -7.01. The highest BCUT2D eigenvalue weighted by Crippen LogP contribution is 2.55. The third-order valence-electron chi connectivity index (χ3n) is 11.8. The zero-order valence-corrected chi connectivity index (χ0v) is 33.0. The van der Waals surface area contributed by atoms with E-state index >= 15 is 0 Å². The summed E-state index contributed by atoms with van der Waals surface area (Å²) in [6, 6.07) is 67.1. The highest BCUT2D eigenvalue weighted by Gasteiger charge is 2.39. The van der Waals surface area contributed by atoms with E-state index in [9.17, 15) is 0 Å². The summed E-state index contributed by atoms with van der Waals surface area (Å²) in [4.78, 5) is 16.4. The van der Waals surface area contributed by atoms with E-state index in [0.29, 0.717) is 17.5 Å². The molecule has 274 valence electrons. The van der Waals surface area contributed by atoms with Crippen LogP contribution in [0.4, 0.5) is 0 Å². The van der Waals surface area contributed by atoms with Gasteiger partial charge in [-0.1, -0.05) is 172 Å². The van der Waals surface area contributed by atoms with Crippen LogP contribution in [0.1, 0.15) is 25.0 Å². The predicted molar refractivity (Wildman–Crippen MR) is 243 cm³/mol. The molecule has 0 saturated heterocycles. The van der Waals surface area contributed by atoms with Gasteiger partial charge in [0.15, 0.2) is 17.5 Å². The Morgan fingerprint density at radius 3 is 1.66 bits per heavy atom. The highest BCUT2D eigenvalue weighted by molar-refractivity contribution is 7.26. The molecule has 0 fully saturated rings. The van der Waals surface area contributed by atoms with E-state index in [4.69, 9.17) is 15.0 Å². The van der Waals surface area contributed by atoms with Crippen LogP contribution in [0.3, 0.4) is 0 Å². The van der Waals surface area contributed by atoms with Crippen molar-refractivity contribution in [3.63, 3.8) is 0 Å². The molecule has 0 spiro atoms. The summed E-state index contributed by atoms with van der Waals surface area (Å²) in [6.07, 6.45) is 0. The number of hydrogen-bond donors (Lipinski definition) is 0. The standard InChI is InChI=1S/C54H37N3S/c1-54(2)46-27-14-12-24-42(46)48-43(32-31-38(49(48)54)35-19-8-4-9-20-35)52-55-51(56-53(57-52)44-26-16-25-40-39-23-13-15-28-47(39)58-50(40)44)41-30-29-37(34-17-6-3-7-18-34)33-45(41)36-21-10-5-11-22-36/h3-33H,1-2H3. The van der Waals surface area contributed by atoms with Crippen molar-refractivity contribution in [2.45, 2.75) is 19.3 Å². The van der Waals surface area contributed by atoms with Crippen LogP contribution < -0.4 is 0 Å². The van der Waals surface area contributed by atoms with E-state index in [2.05, 4.69) is 202 Å². The Bertz CT molecular complexity index is 3180. The van der Waals surface area contributed by atoms with Crippen molar-refractivity contribution >= 4 is 31.5 Å². The third-order valence-corrected chi connectivity index (χ3v) is 13.0. The molecule has 1 aliphatic carbocycles. The lowest BCUT2D eigenvalue weighted by atomic mass is 9.78. The molecular weight excluding hydrogens is 723 g/mol. The van der Waals surface area contributed by atoms with Crippen LogP contribution in [0.25, 0.3) is 98.8 Å². The summed E-state index contributed by atoms with van der Waals surface area (Å²) in [6.45, 7) is 4.70. The van der Waals surface area contributed by atoms with Gasteiger partial charge in [0.1, 0.15) is 0 Å². The SMILES string of the molecule is CC1(C)c2ccccc2-c2c(-c3nc(-c4ccc(-c5ccccc5)cc4-c4ccccc4)nc(-c4cccc5c4sc4ccccc45)n3)ccc(-c3ccccc3)c21. The molecule has 0 atom stereocenters. The molecule has 0 unspecified atom stereocenters. The molecule has 3 nitrogen and oxygen atoms in total. The maximum Gasteiger partial charge on any atom is 0.165 e. The number of fused-ring (bicyclic) bond motifs is 6. The van der Waals surface area contributed by atoms with E-state index in [1.807, 2.05) is 0 Å². The zero-order valence-electron chi connectivity index (χ0n) is 32.1. The van der Waals surface area contributed by atoms with Crippen molar-refractivity contribution in [3.05, 3.63) is 199 Å². The van der Waals surface area contributed by atoms with Crippen molar-refractivity contribution in [1.82, 2.24) is 15.0 Å². The Labute approximate surface area is 342 Å². The highest BCUT2D eigenvalue weighted by atomic mass is 32.1. The molecule has 0 radical (unpaired) electrons. The largest absolute Gasteiger partial charge is 0.208 e. The number of rotatable bonds is 6. The lowest BCUT2D eigenvalue weighted by Crippen LogP contribution is -2.16. The van der Waals surface area contributed by atoms with Gasteiger partial charge in [0.2, 0.25) is 0 Å². The maximum absolute atomic E-state index is 5.49. The van der Waals surface area contributed by atoms with Gasteiger partial charge in [-0.25, -0.2) is 15.0 Å². The summed E-state index contributed by atoms with van der Waals surface area (Å²) in [5, 5.41) is 2.46. The molecule has 0 amide bonds. The number of hydrogen-bond acceptors (Lipinski definition) is 4. The Balaban J connectivity index is 1.22. The van der Waals surface area contributed by atoms with E-state index in [1.54, 1.807) is 11.3 Å². The number of benzene rings is 8. The van der Waals surface area contributed by atoms with Crippen molar-refractivity contribution in [1.29, 1.82) is 0 Å². The molecule has 0 aliphatic heterocycles. The second-order valence-corrected chi connectivity index (χ2v) is 16.6. The van der Waals surface area contributed by atoms with Crippen molar-refractivity contribution in [3.8, 4) is 78.7 Å². The molecule has 1 aliphatic rings. The normalized spacial score (nSPS) is 12.8. The molecule has 0 N–H and O–H groups in total. The van der Waals surface area contributed by atoms with Gasteiger partial charge >= 0.3 is 0 Å². The third kappa shape index (κ3) is 5.52. The van der Waals surface area contributed by atoms with Gasteiger partial charge in [0, 0.05) is 42.3 Å². The van der Waals surface area contributed by atoms with Crippen LogP contribution in [0, 0.1) is 0 Å². The minimum atomic E-state index is -0.248. The molecule has 4 heteroatoms. The average Bonchev–Trinajstić information content (AvgIpc) is 3.79.